The molecule has 1 atom stereocenters. The number of urea groups is 1. The highest BCUT2D eigenvalue weighted by Crippen LogP contribution is 2.35. The van der Waals surface area contributed by atoms with E-state index in [-0.39, 0.29) is 54.3 Å². The smallest absolute Gasteiger partial charge is 0.325 e. The van der Waals surface area contributed by atoms with E-state index < -0.39 is 17.2 Å². The zero-order valence-corrected chi connectivity index (χ0v) is 34.0. The van der Waals surface area contributed by atoms with Crippen molar-refractivity contribution in [2.24, 2.45) is 16.8 Å². The Hall–Kier alpha value is -4.28. The molecule has 1 unspecified atom stereocenters. The number of aliphatic imine (C=N–C) groups is 1. The number of hydrogen-bond donors (Lipinski definition) is 1. The Bertz CT molecular complexity index is 1930. The summed E-state index contributed by atoms with van der Waals surface area (Å²) >= 11 is 12.6. The van der Waals surface area contributed by atoms with Crippen molar-refractivity contribution in [3.63, 3.8) is 0 Å². The van der Waals surface area contributed by atoms with Crippen LogP contribution in [0.4, 0.5) is 13.6 Å². The van der Waals surface area contributed by atoms with Gasteiger partial charge in [0.05, 0.1) is 24.3 Å². The Morgan fingerprint density at radius 3 is 2.40 bits per heavy atom. The van der Waals surface area contributed by atoms with Crippen molar-refractivity contribution in [2.45, 2.75) is 91.3 Å². The number of benzene rings is 2. The monoisotopic (exact) mass is 793 g/mol. The molecule has 55 heavy (non-hydrogen) atoms. The van der Waals surface area contributed by atoms with Crippen LogP contribution in [0, 0.1) is 23.5 Å². The largest absolute Gasteiger partial charge is 0.493 e. The molecule has 1 aromatic heterocycles. The second kappa shape index (κ2) is 18.1. The predicted octanol–water partition coefficient (Wildman–Crippen LogP) is 9.97. The lowest BCUT2D eigenvalue weighted by Gasteiger charge is -2.38. The summed E-state index contributed by atoms with van der Waals surface area (Å²) in [5.41, 5.74) is 1.45. The van der Waals surface area contributed by atoms with Crippen LogP contribution in [-0.2, 0) is 23.3 Å². The van der Waals surface area contributed by atoms with Gasteiger partial charge in [0, 0.05) is 71.0 Å². The normalized spacial score (nSPS) is 16.8. The van der Waals surface area contributed by atoms with E-state index in [1.165, 1.54) is 12.1 Å². The van der Waals surface area contributed by atoms with Crippen molar-refractivity contribution >= 4 is 41.0 Å². The third-order valence-corrected chi connectivity index (χ3v) is 10.7. The second-order valence-electron chi connectivity index (χ2n) is 15.7. The van der Waals surface area contributed by atoms with Crippen molar-refractivity contribution in [3.8, 4) is 5.75 Å². The van der Waals surface area contributed by atoms with E-state index in [2.05, 4.69) is 46.0 Å². The van der Waals surface area contributed by atoms with Crippen molar-refractivity contribution in [3.05, 3.63) is 117 Å². The third-order valence-electron chi connectivity index (χ3n) is 10.1. The lowest BCUT2D eigenvalue weighted by Crippen LogP contribution is -2.50. The van der Waals surface area contributed by atoms with Crippen LogP contribution >= 0.6 is 23.2 Å². The van der Waals surface area contributed by atoms with Crippen molar-refractivity contribution in [1.82, 2.24) is 20.1 Å². The molecule has 294 valence electrons. The van der Waals surface area contributed by atoms with E-state index in [4.69, 9.17) is 37.9 Å². The highest BCUT2D eigenvalue weighted by atomic mass is 35.5. The van der Waals surface area contributed by atoms with Gasteiger partial charge >= 0.3 is 6.03 Å². The van der Waals surface area contributed by atoms with Crippen LogP contribution in [0.5, 0.6) is 5.75 Å². The van der Waals surface area contributed by atoms with Crippen molar-refractivity contribution < 1.29 is 23.1 Å². The van der Waals surface area contributed by atoms with E-state index >= 15 is 0 Å². The predicted molar refractivity (Wildman–Crippen MR) is 215 cm³/mol. The van der Waals surface area contributed by atoms with Crippen LogP contribution < -0.4 is 10.1 Å². The minimum absolute atomic E-state index is 0.00543. The van der Waals surface area contributed by atoms with Gasteiger partial charge in [-0.3, -0.25) is 19.7 Å². The lowest BCUT2D eigenvalue weighted by molar-refractivity contribution is -0.122. The number of amidine groups is 1. The molecule has 0 spiro atoms. The van der Waals surface area contributed by atoms with Gasteiger partial charge in [0.25, 0.3) is 0 Å². The van der Waals surface area contributed by atoms with Crippen LogP contribution in [0.1, 0.15) is 89.6 Å². The molecule has 1 saturated heterocycles. The SMILES string of the molecule is CCOc1cc(C(C)(C)C)ncc1/C(=N/C(C)(C)C1C=CC(Cl)=CC1)N(Cc1ccc(Cl)cc1)C(=O)N1CCC(CC(=O)NCc2cccc(F)c2F)CC1. The topological polar surface area (TPSA) is 87.1 Å². The Kier molecular flexibility index (Phi) is 13.8. The number of likely N-dealkylation sites (tertiary alicyclic amines) is 1. The van der Waals surface area contributed by atoms with Gasteiger partial charge in [-0.25, -0.2) is 13.6 Å². The molecule has 0 radical (unpaired) electrons. The van der Waals surface area contributed by atoms with Gasteiger partial charge in [-0.1, -0.05) is 80.4 Å². The highest BCUT2D eigenvalue weighted by Gasteiger charge is 2.36. The molecular weight excluding hydrogens is 743 g/mol. The summed E-state index contributed by atoms with van der Waals surface area (Å²) in [5.74, 6) is -1.15. The van der Waals surface area contributed by atoms with Gasteiger partial charge in [0.2, 0.25) is 5.91 Å². The quantitative estimate of drug-likeness (QED) is 0.155. The van der Waals surface area contributed by atoms with E-state index in [0.717, 1.165) is 17.3 Å². The number of aromatic nitrogens is 1. The van der Waals surface area contributed by atoms with Crippen molar-refractivity contribution in [2.75, 3.05) is 19.7 Å². The second-order valence-corrected chi connectivity index (χ2v) is 16.6. The highest BCUT2D eigenvalue weighted by molar-refractivity contribution is 6.31. The maximum atomic E-state index is 14.9. The van der Waals surface area contributed by atoms with Crippen LogP contribution in [0.15, 0.2) is 83.0 Å². The fourth-order valence-corrected chi connectivity index (χ4v) is 7.04. The van der Waals surface area contributed by atoms with Gasteiger partial charge in [-0.15, -0.1) is 0 Å². The molecule has 3 aromatic rings. The third kappa shape index (κ3) is 10.9. The Morgan fingerprint density at radius 2 is 1.76 bits per heavy atom. The zero-order valence-electron chi connectivity index (χ0n) is 32.5. The lowest BCUT2D eigenvalue weighted by atomic mass is 9.83. The summed E-state index contributed by atoms with van der Waals surface area (Å²) in [5, 5.41) is 3.98. The molecule has 2 aliphatic rings. The molecule has 1 N–H and O–H groups in total. The molecule has 0 saturated carbocycles. The van der Waals surface area contributed by atoms with Crippen LogP contribution in [0.2, 0.25) is 5.02 Å². The number of allylic oxidation sites excluding steroid dienone is 3. The van der Waals surface area contributed by atoms with Gasteiger partial charge in [0.1, 0.15) is 11.6 Å². The fourth-order valence-electron chi connectivity index (χ4n) is 6.75. The molecule has 1 aliphatic heterocycles. The number of nitrogens with one attached hydrogen (secondary N) is 1. The summed E-state index contributed by atoms with van der Waals surface area (Å²) < 4.78 is 34.1. The maximum Gasteiger partial charge on any atom is 0.325 e. The number of ether oxygens (including phenoxy) is 1. The molecule has 12 heteroatoms. The first-order valence-corrected chi connectivity index (χ1v) is 19.6. The number of piperidine rings is 1. The Morgan fingerprint density at radius 1 is 1.05 bits per heavy atom. The first kappa shape index (κ1) is 41.9. The molecule has 8 nitrogen and oxygen atoms in total. The Labute approximate surface area is 333 Å². The van der Waals surface area contributed by atoms with E-state index in [1.807, 2.05) is 37.3 Å². The number of amides is 3. The number of halogens is 4. The van der Waals surface area contributed by atoms with Gasteiger partial charge in [-0.2, -0.15) is 0 Å². The summed E-state index contributed by atoms with van der Waals surface area (Å²) in [7, 11) is 0. The van der Waals surface area contributed by atoms with Gasteiger partial charge < -0.3 is 15.0 Å². The van der Waals surface area contributed by atoms with E-state index in [1.54, 1.807) is 28.1 Å². The first-order valence-electron chi connectivity index (χ1n) is 18.8. The fraction of sp³-hybridized carbons (Fsp3) is 0.442. The summed E-state index contributed by atoms with van der Waals surface area (Å²) in [6, 6.07) is 13.0. The van der Waals surface area contributed by atoms with Crippen LogP contribution in [0.3, 0.4) is 0 Å². The minimum Gasteiger partial charge on any atom is -0.493 e. The molecule has 3 amide bonds. The van der Waals surface area contributed by atoms with E-state index in [0.29, 0.717) is 66.2 Å². The van der Waals surface area contributed by atoms with E-state index in [9.17, 15) is 18.4 Å². The number of hydrogen-bond acceptors (Lipinski definition) is 5. The molecule has 1 fully saturated rings. The number of nitrogens with zero attached hydrogens (tertiary/aromatic N) is 4. The standard InChI is InChI=1S/C43H51Cl2F2N5O3/c1-7-55-36-24-37(42(2,3)4)48-26-34(36)40(50-43(5,6)31-13-17-33(45)18-14-31)52(27-29-11-15-32(44)16-12-29)41(54)51-21-19-28(20-22-51)23-38(53)49-25-30-9-8-10-35(46)39(30)47/h8-13,15-18,24,26,28,31H,7,14,19-23,25,27H2,1-6H3,(H,49,53)/b50-40-. The maximum absolute atomic E-state index is 14.9. The molecule has 2 aromatic carbocycles. The molecule has 1 aliphatic carbocycles. The van der Waals surface area contributed by atoms with Crippen molar-refractivity contribution in [1.29, 1.82) is 0 Å². The molecule has 5 rings (SSSR count). The van der Waals surface area contributed by atoms with Gasteiger partial charge in [-0.05, 0) is 75.8 Å². The molecular formula is C43H51Cl2F2N5O3. The zero-order chi connectivity index (χ0) is 39.9. The van der Waals surface area contributed by atoms with Crippen LogP contribution in [0.25, 0.3) is 0 Å². The first-order chi connectivity index (χ1) is 26.0. The Balaban J connectivity index is 1.46. The summed E-state index contributed by atoms with van der Waals surface area (Å²) in [6.45, 7) is 13.6. The number of pyridine rings is 1. The van der Waals surface area contributed by atoms with Crippen LogP contribution in [-0.4, -0.2) is 57.8 Å². The number of rotatable bonds is 11. The summed E-state index contributed by atoms with van der Waals surface area (Å²) in [6.07, 6.45) is 9.77. The van der Waals surface area contributed by atoms with Gasteiger partial charge in [0.15, 0.2) is 11.6 Å². The average Bonchev–Trinajstić information content (AvgIpc) is 3.14. The number of carbonyl (C=O) groups is 2. The number of carbonyl (C=O) groups excluding carboxylic acids is 2. The minimum atomic E-state index is -0.963. The molecule has 0 bridgehead atoms. The summed E-state index contributed by atoms with van der Waals surface area (Å²) in [4.78, 5) is 41.6. The average molecular weight is 795 g/mol. The molecule has 2 heterocycles.